The number of aromatic nitrogens is 2. The van der Waals surface area contributed by atoms with Crippen LogP contribution in [0.5, 0.6) is 0 Å². The fourth-order valence-corrected chi connectivity index (χ4v) is 4.63. The Morgan fingerprint density at radius 1 is 1.14 bits per heavy atom. The lowest BCUT2D eigenvalue weighted by atomic mass is 10.0. The summed E-state index contributed by atoms with van der Waals surface area (Å²) < 4.78 is 1.82. The van der Waals surface area contributed by atoms with E-state index in [2.05, 4.69) is 54.4 Å². The molecule has 0 saturated carbocycles. The molecule has 0 fully saturated rings. The van der Waals surface area contributed by atoms with Crippen LogP contribution >= 0.6 is 34.9 Å². The van der Waals surface area contributed by atoms with Gasteiger partial charge in [0.05, 0.1) is 11.3 Å². The minimum atomic E-state index is -0.0839. The van der Waals surface area contributed by atoms with E-state index in [0.29, 0.717) is 5.92 Å². The first-order valence-electron chi connectivity index (χ1n) is 6.70. The maximum atomic E-state index is 8.80. The molecule has 3 nitrogen and oxygen atoms in total. The molecule has 0 unspecified atom stereocenters. The summed E-state index contributed by atoms with van der Waals surface area (Å²) in [4.78, 5) is 0. The van der Waals surface area contributed by atoms with Gasteiger partial charge in [0.1, 0.15) is 0 Å². The maximum absolute atomic E-state index is 8.80. The normalized spacial score (nSPS) is 12.3. The van der Waals surface area contributed by atoms with Crippen molar-refractivity contribution in [3.05, 3.63) is 35.4 Å². The molecule has 1 heterocycles. The van der Waals surface area contributed by atoms with E-state index in [1.165, 1.54) is 22.9 Å². The summed E-state index contributed by atoms with van der Waals surface area (Å²) in [6.45, 7) is 6.27. The van der Waals surface area contributed by atoms with Crippen LogP contribution in [0.15, 0.2) is 32.9 Å². The number of hydrogen-bond acceptors (Lipinski definition) is 6. The van der Waals surface area contributed by atoms with Gasteiger partial charge in [-0.3, -0.25) is 0 Å². The highest BCUT2D eigenvalue weighted by Gasteiger charge is 2.09. The second-order valence-electron chi connectivity index (χ2n) is 4.91. The molecule has 0 amide bonds. The Morgan fingerprint density at radius 2 is 1.81 bits per heavy atom. The fourth-order valence-electron chi connectivity index (χ4n) is 1.62. The summed E-state index contributed by atoms with van der Waals surface area (Å²) in [5.74, 6) is 1.46. The Balaban J connectivity index is 1.89. The summed E-state index contributed by atoms with van der Waals surface area (Å²) >= 11 is 4.71. The lowest BCUT2D eigenvalue weighted by molar-refractivity contribution is 0.866. The van der Waals surface area contributed by atoms with Gasteiger partial charge in [-0.15, -0.1) is 10.2 Å². The zero-order chi connectivity index (χ0) is 15.2. The van der Waals surface area contributed by atoms with Crippen molar-refractivity contribution in [2.24, 2.45) is 0 Å². The smallest absolute Gasteiger partial charge is 0.176 e. The fraction of sp³-hybridized carbons (Fsp3) is 0.400. The first kappa shape index (κ1) is 16.3. The summed E-state index contributed by atoms with van der Waals surface area (Å²) in [6.07, 6.45) is 0. The molecular formula is C15H17N3S3. The van der Waals surface area contributed by atoms with Gasteiger partial charge in [-0.2, -0.15) is 5.26 Å². The van der Waals surface area contributed by atoms with Crippen LogP contribution in [-0.4, -0.2) is 15.4 Å². The van der Waals surface area contributed by atoms with Crippen LogP contribution in [0.3, 0.4) is 0 Å². The average Bonchev–Trinajstić information content (AvgIpc) is 2.93. The van der Waals surface area contributed by atoms with E-state index in [1.807, 2.05) is 6.92 Å². The Kier molecular flexibility index (Phi) is 6.09. The topological polar surface area (TPSA) is 49.6 Å². The van der Waals surface area contributed by atoms with E-state index in [4.69, 9.17) is 5.26 Å². The molecule has 0 bridgehead atoms. The molecule has 110 valence electrons. The van der Waals surface area contributed by atoms with Crippen molar-refractivity contribution in [2.75, 3.05) is 0 Å². The van der Waals surface area contributed by atoms with Gasteiger partial charge in [0, 0.05) is 5.75 Å². The average molecular weight is 336 g/mol. The highest BCUT2D eigenvalue weighted by molar-refractivity contribution is 8.03. The van der Waals surface area contributed by atoms with Gasteiger partial charge >= 0.3 is 0 Å². The number of thioether (sulfide) groups is 2. The highest BCUT2D eigenvalue weighted by atomic mass is 32.2. The molecule has 2 aromatic rings. The third-order valence-corrected chi connectivity index (χ3v) is 6.06. The van der Waals surface area contributed by atoms with Crippen molar-refractivity contribution in [3.63, 3.8) is 0 Å². The lowest BCUT2D eigenvalue weighted by Crippen LogP contribution is -1.88. The zero-order valence-electron chi connectivity index (χ0n) is 12.2. The first-order chi connectivity index (χ1) is 10.1. The van der Waals surface area contributed by atoms with Crippen LogP contribution in [0.1, 0.15) is 37.8 Å². The van der Waals surface area contributed by atoms with Crippen molar-refractivity contribution in [2.45, 2.75) is 46.4 Å². The molecule has 2 rings (SSSR count). The largest absolute Gasteiger partial charge is 0.197 e. The van der Waals surface area contributed by atoms with Gasteiger partial charge in [-0.05, 0) is 24.0 Å². The number of nitrogens with zero attached hydrogens (tertiary/aromatic N) is 3. The molecule has 0 aliphatic heterocycles. The molecule has 1 atom stereocenters. The van der Waals surface area contributed by atoms with Crippen LogP contribution in [0.25, 0.3) is 0 Å². The number of hydrogen-bond donors (Lipinski definition) is 0. The van der Waals surface area contributed by atoms with Crippen LogP contribution in [0.2, 0.25) is 0 Å². The number of nitriles is 1. The van der Waals surface area contributed by atoms with E-state index in [0.717, 1.165) is 14.4 Å². The summed E-state index contributed by atoms with van der Waals surface area (Å²) in [6, 6.07) is 10.9. The Labute approximate surface area is 138 Å². The third kappa shape index (κ3) is 5.03. The summed E-state index contributed by atoms with van der Waals surface area (Å²) in [5, 5.41) is 17.0. The quantitative estimate of drug-likeness (QED) is 0.698. The standard InChI is InChI=1S/C15H17N3S3/c1-10(2)13-6-4-12(5-7-13)9-19-14-17-18-15(21-14)20-11(3)8-16/h4-7,10-11H,9H2,1-3H3/t11-/m0/s1. The van der Waals surface area contributed by atoms with Crippen LogP contribution in [0, 0.1) is 11.3 Å². The maximum Gasteiger partial charge on any atom is 0.176 e. The molecular weight excluding hydrogens is 318 g/mol. The predicted molar refractivity (Wildman–Crippen MR) is 90.9 cm³/mol. The lowest BCUT2D eigenvalue weighted by Gasteiger charge is -2.05. The van der Waals surface area contributed by atoms with Gasteiger partial charge in [0.2, 0.25) is 0 Å². The molecule has 1 aromatic heterocycles. The van der Waals surface area contributed by atoms with Crippen LogP contribution in [0.4, 0.5) is 0 Å². The molecule has 0 N–H and O–H groups in total. The summed E-state index contributed by atoms with van der Waals surface area (Å²) in [7, 11) is 0. The van der Waals surface area contributed by atoms with Crippen LogP contribution in [-0.2, 0) is 5.75 Å². The minimum Gasteiger partial charge on any atom is -0.197 e. The first-order valence-corrected chi connectivity index (χ1v) is 9.38. The monoisotopic (exact) mass is 335 g/mol. The number of rotatable bonds is 6. The molecule has 1 aromatic carbocycles. The third-order valence-electron chi connectivity index (χ3n) is 2.86. The molecule has 0 aliphatic rings. The molecule has 0 radical (unpaired) electrons. The van der Waals surface area contributed by atoms with Crippen molar-refractivity contribution in [1.29, 1.82) is 5.26 Å². The summed E-state index contributed by atoms with van der Waals surface area (Å²) in [5.41, 5.74) is 2.66. The predicted octanol–water partition coefficient (Wildman–Crippen LogP) is 4.96. The van der Waals surface area contributed by atoms with Gasteiger partial charge in [-0.1, -0.05) is 73.0 Å². The second kappa shape index (κ2) is 7.83. The van der Waals surface area contributed by atoms with Gasteiger partial charge in [-0.25, -0.2) is 0 Å². The zero-order valence-corrected chi connectivity index (χ0v) is 14.7. The van der Waals surface area contributed by atoms with E-state index in [-0.39, 0.29) is 5.25 Å². The van der Waals surface area contributed by atoms with E-state index in [9.17, 15) is 0 Å². The van der Waals surface area contributed by atoms with Gasteiger partial charge < -0.3 is 0 Å². The van der Waals surface area contributed by atoms with Crippen molar-refractivity contribution in [1.82, 2.24) is 10.2 Å². The van der Waals surface area contributed by atoms with Crippen LogP contribution < -0.4 is 0 Å². The van der Waals surface area contributed by atoms with E-state index in [1.54, 1.807) is 23.1 Å². The molecule has 6 heteroatoms. The van der Waals surface area contributed by atoms with Gasteiger partial charge in [0.25, 0.3) is 0 Å². The van der Waals surface area contributed by atoms with E-state index < -0.39 is 0 Å². The van der Waals surface area contributed by atoms with E-state index >= 15 is 0 Å². The Bertz CT molecular complexity index is 614. The van der Waals surface area contributed by atoms with Crippen molar-refractivity contribution < 1.29 is 0 Å². The highest BCUT2D eigenvalue weighted by Crippen LogP contribution is 2.32. The molecule has 0 saturated heterocycles. The Morgan fingerprint density at radius 3 is 2.43 bits per heavy atom. The second-order valence-corrected chi connectivity index (χ2v) is 8.70. The van der Waals surface area contributed by atoms with Crippen molar-refractivity contribution in [3.8, 4) is 6.07 Å². The Hall–Kier alpha value is -1.03. The molecule has 0 spiro atoms. The molecule has 21 heavy (non-hydrogen) atoms. The SMILES string of the molecule is CC(C)c1ccc(CSc2nnc(S[C@@H](C)C#N)s2)cc1. The van der Waals surface area contributed by atoms with Gasteiger partial charge in [0.15, 0.2) is 8.68 Å². The number of benzene rings is 1. The molecule has 0 aliphatic carbocycles. The minimum absolute atomic E-state index is 0.0839. The van der Waals surface area contributed by atoms with Crippen molar-refractivity contribution >= 4 is 34.9 Å².